The molecule has 1 heterocycles. The van der Waals surface area contributed by atoms with Crippen LogP contribution in [0.2, 0.25) is 0 Å². The lowest BCUT2D eigenvalue weighted by molar-refractivity contribution is -0.158. The lowest BCUT2D eigenvalue weighted by atomic mass is 9.69. The van der Waals surface area contributed by atoms with Gasteiger partial charge in [-0.1, -0.05) is 56.4 Å². The summed E-state index contributed by atoms with van der Waals surface area (Å²) in [5, 5.41) is 0. The molecule has 0 saturated carbocycles. The van der Waals surface area contributed by atoms with E-state index in [0.29, 0.717) is 13.0 Å². The Balaban J connectivity index is 2.11. The van der Waals surface area contributed by atoms with E-state index >= 15 is 0 Å². The monoisotopic (exact) mass is 333 g/mol. The van der Waals surface area contributed by atoms with Gasteiger partial charge in [-0.15, -0.1) is 0 Å². The second-order valence-corrected chi connectivity index (χ2v) is 8.18. The second kappa shape index (κ2) is 7.00. The molecule has 3 nitrogen and oxygen atoms in total. The summed E-state index contributed by atoms with van der Waals surface area (Å²) in [6.45, 7) is 7.70. The molecule has 1 aromatic rings. The SMILES string of the molecule is CN1CCC(C)(C)CC(C)(C(=O)OCc2ccccc2)CC1=S. The zero-order valence-corrected chi connectivity index (χ0v) is 15.4. The number of carbonyl (C=O) groups excluding carboxylic acids is 1. The predicted molar refractivity (Wildman–Crippen MR) is 97.2 cm³/mol. The summed E-state index contributed by atoms with van der Waals surface area (Å²) in [5.74, 6) is -0.146. The Morgan fingerprint density at radius 2 is 1.91 bits per heavy atom. The Bertz CT molecular complexity index is 570. The van der Waals surface area contributed by atoms with E-state index in [1.54, 1.807) is 0 Å². The first-order valence-electron chi connectivity index (χ1n) is 8.17. The molecule has 0 aromatic heterocycles. The predicted octanol–water partition coefficient (Wildman–Crippen LogP) is 4.21. The summed E-state index contributed by atoms with van der Waals surface area (Å²) in [5.41, 5.74) is 0.531. The van der Waals surface area contributed by atoms with Crippen LogP contribution in [0.4, 0.5) is 0 Å². The number of thiocarbonyl (C=S) groups is 1. The number of carbonyl (C=O) groups is 1. The molecule has 0 N–H and O–H groups in total. The van der Waals surface area contributed by atoms with Crippen molar-refractivity contribution in [3.8, 4) is 0 Å². The first-order chi connectivity index (χ1) is 10.7. The van der Waals surface area contributed by atoms with Gasteiger partial charge in [0.15, 0.2) is 0 Å². The third-order valence-corrected chi connectivity index (χ3v) is 5.12. The molecular formula is C19H27NO2S. The van der Waals surface area contributed by atoms with Crippen LogP contribution in [0.3, 0.4) is 0 Å². The lowest BCUT2D eigenvalue weighted by Gasteiger charge is -2.41. The minimum absolute atomic E-state index is 0.0881. The van der Waals surface area contributed by atoms with Gasteiger partial charge in [0.2, 0.25) is 0 Å². The average Bonchev–Trinajstić information content (AvgIpc) is 2.49. The van der Waals surface area contributed by atoms with Gasteiger partial charge in [-0.25, -0.2) is 0 Å². The molecule has 4 heteroatoms. The molecule has 1 aliphatic rings. The highest BCUT2D eigenvalue weighted by molar-refractivity contribution is 7.80. The third kappa shape index (κ3) is 4.77. The summed E-state index contributed by atoms with van der Waals surface area (Å²) in [4.78, 5) is 15.7. The van der Waals surface area contributed by atoms with E-state index in [1.807, 2.05) is 44.3 Å². The van der Waals surface area contributed by atoms with Crippen LogP contribution in [-0.4, -0.2) is 29.5 Å². The molecule has 1 unspecified atom stereocenters. The van der Waals surface area contributed by atoms with Crippen molar-refractivity contribution in [2.75, 3.05) is 13.6 Å². The Hall–Kier alpha value is -1.42. The number of rotatable bonds is 3. The van der Waals surface area contributed by atoms with Crippen LogP contribution < -0.4 is 0 Å². The summed E-state index contributed by atoms with van der Waals surface area (Å²) < 4.78 is 5.63. The van der Waals surface area contributed by atoms with E-state index in [2.05, 4.69) is 18.7 Å². The molecule has 0 spiro atoms. The second-order valence-electron chi connectivity index (χ2n) is 7.71. The molecule has 1 atom stereocenters. The number of ether oxygens (including phenoxy) is 1. The van der Waals surface area contributed by atoms with Gasteiger partial charge < -0.3 is 9.64 Å². The lowest BCUT2D eigenvalue weighted by Crippen LogP contribution is -2.43. The molecule has 0 amide bonds. The van der Waals surface area contributed by atoms with Crippen molar-refractivity contribution in [1.29, 1.82) is 0 Å². The number of hydrogen-bond acceptors (Lipinski definition) is 3. The smallest absolute Gasteiger partial charge is 0.312 e. The van der Waals surface area contributed by atoms with Crippen LogP contribution in [0.15, 0.2) is 30.3 Å². The fraction of sp³-hybridized carbons (Fsp3) is 0.579. The molecule has 2 rings (SSSR count). The Labute approximate surface area is 145 Å². The van der Waals surface area contributed by atoms with Crippen LogP contribution in [0, 0.1) is 10.8 Å². The van der Waals surface area contributed by atoms with Crippen LogP contribution in [-0.2, 0) is 16.1 Å². The summed E-state index contributed by atoms with van der Waals surface area (Å²) in [6.07, 6.45) is 2.39. The maximum atomic E-state index is 12.8. The maximum absolute atomic E-state index is 12.8. The minimum atomic E-state index is -0.565. The number of nitrogens with zero attached hydrogens (tertiary/aromatic N) is 1. The van der Waals surface area contributed by atoms with Crippen molar-refractivity contribution < 1.29 is 9.53 Å². The van der Waals surface area contributed by atoms with Crippen molar-refractivity contribution in [3.05, 3.63) is 35.9 Å². The van der Waals surface area contributed by atoms with E-state index in [-0.39, 0.29) is 11.4 Å². The van der Waals surface area contributed by atoms with Gasteiger partial charge in [0.25, 0.3) is 0 Å². The van der Waals surface area contributed by atoms with Gasteiger partial charge in [0, 0.05) is 20.0 Å². The normalized spacial score (nSPS) is 24.7. The largest absolute Gasteiger partial charge is 0.460 e. The highest BCUT2D eigenvalue weighted by Crippen LogP contribution is 2.42. The Morgan fingerprint density at radius 3 is 2.57 bits per heavy atom. The van der Waals surface area contributed by atoms with E-state index < -0.39 is 5.41 Å². The maximum Gasteiger partial charge on any atom is 0.312 e. The number of benzene rings is 1. The summed E-state index contributed by atoms with van der Waals surface area (Å²) in [6, 6.07) is 9.80. The quantitative estimate of drug-likeness (QED) is 0.612. The standard InChI is InChI=1S/C19H27NO2S/c1-18(2)10-11-20(4)16(23)12-19(3,14-18)17(21)22-13-15-8-6-5-7-9-15/h5-9H,10-14H2,1-4H3. The fourth-order valence-corrected chi connectivity index (χ4v) is 3.72. The highest BCUT2D eigenvalue weighted by atomic mass is 32.1. The summed E-state index contributed by atoms with van der Waals surface area (Å²) >= 11 is 5.51. The van der Waals surface area contributed by atoms with Gasteiger partial charge >= 0.3 is 5.97 Å². The van der Waals surface area contributed by atoms with Gasteiger partial charge in [0.05, 0.1) is 10.4 Å². The van der Waals surface area contributed by atoms with Gasteiger partial charge in [0.1, 0.15) is 6.61 Å². The average molecular weight is 333 g/mol. The number of likely N-dealkylation sites (tertiary alicyclic amines) is 1. The van der Waals surface area contributed by atoms with Crippen molar-refractivity contribution in [2.45, 2.75) is 46.6 Å². The van der Waals surface area contributed by atoms with Crippen molar-refractivity contribution in [1.82, 2.24) is 4.90 Å². The van der Waals surface area contributed by atoms with E-state index in [1.165, 1.54) is 0 Å². The first kappa shape index (κ1) is 17.9. The molecule has 1 aromatic carbocycles. The molecule has 23 heavy (non-hydrogen) atoms. The zero-order valence-electron chi connectivity index (χ0n) is 14.6. The van der Waals surface area contributed by atoms with Crippen molar-refractivity contribution in [2.24, 2.45) is 10.8 Å². The molecule has 1 aliphatic heterocycles. The van der Waals surface area contributed by atoms with Gasteiger partial charge in [-0.2, -0.15) is 0 Å². The van der Waals surface area contributed by atoms with Crippen molar-refractivity contribution in [3.63, 3.8) is 0 Å². The number of esters is 1. The first-order valence-corrected chi connectivity index (χ1v) is 8.58. The van der Waals surface area contributed by atoms with Crippen LogP contribution in [0.5, 0.6) is 0 Å². The molecule has 126 valence electrons. The third-order valence-electron chi connectivity index (χ3n) is 4.67. The topological polar surface area (TPSA) is 29.5 Å². The van der Waals surface area contributed by atoms with E-state index in [0.717, 1.165) is 29.9 Å². The molecule has 1 fully saturated rings. The zero-order chi connectivity index (χ0) is 17.1. The fourth-order valence-electron chi connectivity index (χ4n) is 3.31. The molecule has 1 saturated heterocycles. The minimum Gasteiger partial charge on any atom is -0.460 e. The number of hydrogen-bond donors (Lipinski definition) is 0. The van der Waals surface area contributed by atoms with Crippen LogP contribution in [0.1, 0.15) is 45.6 Å². The van der Waals surface area contributed by atoms with E-state index in [4.69, 9.17) is 17.0 Å². The Kier molecular flexibility index (Phi) is 5.45. The van der Waals surface area contributed by atoms with Gasteiger partial charge in [-0.05, 0) is 30.7 Å². The molecular weight excluding hydrogens is 306 g/mol. The molecule has 0 aliphatic carbocycles. The Morgan fingerprint density at radius 1 is 1.26 bits per heavy atom. The molecule has 0 bridgehead atoms. The molecule has 0 radical (unpaired) electrons. The highest BCUT2D eigenvalue weighted by Gasteiger charge is 2.42. The van der Waals surface area contributed by atoms with Crippen LogP contribution >= 0.6 is 12.2 Å². The summed E-state index contributed by atoms with van der Waals surface area (Å²) in [7, 11) is 2.01. The van der Waals surface area contributed by atoms with E-state index in [9.17, 15) is 4.79 Å². The van der Waals surface area contributed by atoms with Crippen LogP contribution in [0.25, 0.3) is 0 Å². The van der Waals surface area contributed by atoms with Gasteiger partial charge in [-0.3, -0.25) is 4.79 Å². The van der Waals surface area contributed by atoms with Crippen molar-refractivity contribution >= 4 is 23.2 Å².